The Hall–Kier alpha value is -2.07. The van der Waals surface area contributed by atoms with Gasteiger partial charge >= 0.3 is 0 Å². The summed E-state index contributed by atoms with van der Waals surface area (Å²) < 4.78 is 0. The normalized spacial score (nSPS) is 30.8. The van der Waals surface area contributed by atoms with Crippen LogP contribution in [-0.2, 0) is 4.79 Å². The van der Waals surface area contributed by atoms with E-state index in [9.17, 15) is 4.79 Å². The van der Waals surface area contributed by atoms with Crippen LogP contribution in [0.1, 0.15) is 24.3 Å². The Bertz CT molecular complexity index is 738. The molecule has 0 spiro atoms. The first-order chi connectivity index (χ1) is 12.3. The Morgan fingerprint density at radius 3 is 2.56 bits per heavy atom. The highest BCUT2D eigenvalue weighted by Gasteiger charge is 2.43. The third-order valence-corrected chi connectivity index (χ3v) is 6.46. The maximum Gasteiger partial charge on any atom is 0.270 e. The van der Waals surface area contributed by atoms with E-state index in [1.807, 2.05) is 0 Å². The Labute approximate surface area is 149 Å². The van der Waals surface area contributed by atoms with Crippen molar-refractivity contribution in [2.24, 2.45) is 11.8 Å². The van der Waals surface area contributed by atoms with E-state index in [2.05, 4.69) is 51.9 Å². The second-order valence-electron chi connectivity index (χ2n) is 7.88. The van der Waals surface area contributed by atoms with E-state index in [1.165, 1.54) is 29.6 Å². The largest absolute Gasteiger partial charge is 0.376 e. The van der Waals surface area contributed by atoms with Gasteiger partial charge in [-0.15, -0.1) is 0 Å². The lowest BCUT2D eigenvalue weighted by atomic mass is 9.96. The second-order valence-corrected chi connectivity index (χ2v) is 7.88. The highest BCUT2D eigenvalue weighted by molar-refractivity contribution is 5.95. The first kappa shape index (κ1) is 15.2. The molecule has 0 radical (unpaired) electrons. The van der Waals surface area contributed by atoms with Crippen molar-refractivity contribution in [2.45, 2.75) is 18.8 Å². The van der Waals surface area contributed by atoms with E-state index in [-0.39, 0.29) is 5.91 Å². The number of rotatable bonds is 2. The first-order valence-electron chi connectivity index (χ1n) is 9.51. The SMILES string of the molecule is O=C(C1=C2CNCC=C2CN1)N1CC2CC(c3ccccc3)CC2C1. The molecule has 2 fully saturated rings. The number of likely N-dealkylation sites (tertiary alicyclic amines) is 1. The van der Waals surface area contributed by atoms with Crippen LogP contribution in [0.15, 0.2) is 53.3 Å². The lowest BCUT2D eigenvalue weighted by Crippen LogP contribution is -2.35. The number of nitrogens with one attached hydrogen (secondary N) is 2. The molecule has 1 aromatic rings. The topological polar surface area (TPSA) is 44.4 Å². The quantitative estimate of drug-likeness (QED) is 0.869. The van der Waals surface area contributed by atoms with Gasteiger partial charge in [0.2, 0.25) is 0 Å². The molecule has 2 N–H and O–H groups in total. The van der Waals surface area contributed by atoms with E-state index in [4.69, 9.17) is 0 Å². The van der Waals surface area contributed by atoms with Crippen LogP contribution < -0.4 is 10.6 Å². The average molecular weight is 335 g/mol. The number of amides is 1. The fraction of sp³-hybridized carbons (Fsp3) is 0.476. The van der Waals surface area contributed by atoms with Crippen LogP contribution in [0, 0.1) is 11.8 Å². The Morgan fingerprint density at radius 2 is 1.80 bits per heavy atom. The maximum atomic E-state index is 13.0. The minimum absolute atomic E-state index is 0.216. The molecule has 4 heteroatoms. The van der Waals surface area contributed by atoms with Crippen LogP contribution in [0.3, 0.4) is 0 Å². The van der Waals surface area contributed by atoms with Gasteiger partial charge in [0.1, 0.15) is 5.70 Å². The minimum Gasteiger partial charge on any atom is -0.376 e. The first-order valence-corrected chi connectivity index (χ1v) is 9.51. The minimum atomic E-state index is 0.216. The van der Waals surface area contributed by atoms with Gasteiger partial charge < -0.3 is 15.5 Å². The van der Waals surface area contributed by atoms with Crippen LogP contribution in [-0.4, -0.2) is 43.5 Å². The summed E-state index contributed by atoms with van der Waals surface area (Å²) in [5.74, 6) is 2.23. The molecular formula is C21H25N3O. The molecule has 0 bridgehead atoms. The third-order valence-electron chi connectivity index (χ3n) is 6.46. The van der Waals surface area contributed by atoms with Gasteiger partial charge in [-0.1, -0.05) is 36.4 Å². The van der Waals surface area contributed by atoms with Crippen LogP contribution in [0.5, 0.6) is 0 Å². The Kier molecular flexibility index (Phi) is 3.66. The molecule has 4 aliphatic rings. The van der Waals surface area contributed by atoms with E-state index in [0.717, 1.165) is 38.4 Å². The number of fused-ring (bicyclic) bond motifs is 2. The molecule has 1 amide bonds. The third kappa shape index (κ3) is 2.60. The van der Waals surface area contributed by atoms with Crippen molar-refractivity contribution in [2.75, 3.05) is 32.7 Å². The zero-order valence-electron chi connectivity index (χ0n) is 14.5. The van der Waals surface area contributed by atoms with Gasteiger partial charge in [0, 0.05) is 32.7 Å². The number of carbonyl (C=O) groups excluding carboxylic acids is 1. The maximum absolute atomic E-state index is 13.0. The predicted octanol–water partition coefficient (Wildman–Crippen LogP) is 2.03. The van der Waals surface area contributed by atoms with Crippen molar-refractivity contribution in [3.63, 3.8) is 0 Å². The summed E-state index contributed by atoms with van der Waals surface area (Å²) in [6.45, 7) is 4.40. The number of benzene rings is 1. The average Bonchev–Trinajstić information content (AvgIpc) is 3.34. The van der Waals surface area contributed by atoms with E-state index < -0.39 is 0 Å². The summed E-state index contributed by atoms with van der Waals surface area (Å²) in [4.78, 5) is 15.1. The Balaban J connectivity index is 1.28. The summed E-state index contributed by atoms with van der Waals surface area (Å²) in [5, 5.41) is 6.71. The van der Waals surface area contributed by atoms with Gasteiger partial charge in [-0.25, -0.2) is 0 Å². The van der Waals surface area contributed by atoms with Gasteiger partial charge in [0.25, 0.3) is 5.91 Å². The highest BCUT2D eigenvalue weighted by Crippen LogP contribution is 2.46. The van der Waals surface area contributed by atoms with Crippen LogP contribution in [0.25, 0.3) is 0 Å². The molecule has 1 saturated carbocycles. The molecule has 130 valence electrons. The summed E-state index contributed by atoms with van der Waals surface area (Å²) in [6, 6.07) is 10.9. The zero-order valence-corrected chi connectivity index (χ0v) is 14.5. The van der Waals surface area contributed by atoms with Crippen molar-refractivity contribution < 1.29 is 4.79 Å². The van der Waals surface area contributed by atoms with E-state index in [0.29, 0.717) is 17.8 Å². The fourth-order valence-electron chi connectivity index (χ4n) is 5.17. The molecule has 0 aromatic heterocycles. The standard InChI is InChI=1S/C21H25N3O/c25-21(20-19-11-22-7-6-15(19)10-23-20)24-12-17-8-16(9-18(17)13-24)14-4-2-1-3-5-14/h1-6,16-18,22-23H,7-13H2. The molecule has 2 unspecified atom stereocenters. The summed E-state index contributed by atoms with van der Waals surface area (Å²) in [7, 11) is 0. The molecule has 1 aromatic carbocycles. The van der Waals surface area contributed by atoms with Gasteiger partial charge in [-0.3, -0.25) is 4.79 Å². The van der Waals surface area contributed by atoms with E-state index in [1.54, 1.807) is 0 Å². The lowest BCUT2D eigenvalue weighted by Gasteiger charge is -2.21. The van der Waals surface area contributed by atoms with Crippen molar-refractivity contribution in [3.8, 4) is 0 Å². The van der Waals surface area contributed by atoms with Crippen LogP contribution in [0.2, 0.25) is 0 Å². The summed E-state index contributed by atoms with van der Waals surface area (Å²) >= 11 is 0. The second kappa shape index (κ2) is 6.03. The molecule has 3 aliphatic heterocycles. The number of carbonyl (C=O) groups is 1. The van der Waals surface area contributed by atoms with Crippen molar-refractivity contribution >= 4 is 5.91 Å². The molecular weight excluding hydrogens is 310 g/mol. The van der Waals surface area contributed by atoms with Crippen molar-refractivity contribution in [3.05, 3.63) is 58.8 Å². The van der Waals surface area contributed by atoms with Gasteiger partial charge in [-0.2, -0.15) is 0 Å². The molecule has 5 rings (SSSR count). The molecule has 4 nitrogen and oxygen atoms in total. The van der Waals surface area contributed by atoms with E-state index >= 15 is 0 Å². The van der Waals surface area contributed by atoms with Crippen LogP contribution in [0.4, 0.5) is 0 Å². The van der Waals surface area contributed by atoms with Gasteiger partial charge in [-0.05, 0) is 47.3 Å². The monoisotopic (exact) mass is 335 g/mol. The lowest BCUT2D eigenvalue weighted by molar-refractivity contribution is -0.126. The zero-order chi connectivity index (χ0) is 16.8. The highest BCUT2D eigenvalue weighted by atomic mass is 16.2. The summed E-state index contributed by atoms with van der Waals surface area (Å²) in [5.41, 5.74) is 4.82. The smallest absolute Gasteiger partial charge is 0.270 e. The van der Waals surface area contributed by atoms with Crippen molar-refractivity contribution in [1.29, 1.82) is 0 Å². The Morgan fingerprint density at radius 1 is 1.04 bits per heavy atom. The fourth-order valence-corrected chi connectivity index (χ4v) is 5.17. The van der Waals surface area contributed by atoms with Crippen LogP contribution >= 0.6 is 0 Å². The number of nitrogens with zero attached hydrogens (tertiary/aromatic N) is 1. The van der Waals surface area contributed by atoms with Gasteiger partial charge in [0.15, 0.2) is 0 Å². The van der Waals surface area contributed by atoms with Gasteiger partial charge in [0.05, 0.1) is 0 Å². The molecule has 3 heterocycles. The molecule has 1 saturated heterocycles. The number of hydrogen-bond acceptors (Lipinski definition) is 3. The predicted molar refractivity (Wildman–Crippen MR) is 98.0 cm³/mol. The molecule has 1 aliphatic carbocycles. The summed E-state index contributed by atoms with van der Waals surface area (Å²) in [6.07, 6.45) is 4.66. The number of hydrogen-bond donors (Lipinski definition) is 2. The van der Waals surface area contributed by atoms with Crippen molar-refractivity contribution in [1.82, 2.24) is 15.5 Å². The molecule has 25 heavy (non-hydrogen) atoms. The molecule has 2 atom stereocenters.